The molecule has 0 radical (unpaired) electrons. The monoisotopic (exact) mass is 479 g/mol. The number of carbonyl (C=O) groups is 1. The molecule has 5 rings (SSSR count). The molecule has 1 aliphatic rings. The Morgan fingerprint density at radius 1 is 0.971 bits per heavy atom. The van der Waals surface area contributed by atoms with Crippen LogP contribution in [0.1, 0.15) is 18.7 Å². The zero-order valence-electron chi connectivity index (χ0n) is 18.8. The molecule has 0 saturated carbocycles. The highest BCUT2D eigenvalue weighted by atomic mass is 19.2. The molecule has 35 heavy (non-hydrogen) atoms. The summed E-state index contributed by atoms with van der Waals surface area (Å²) in [6.07, 6.45) is 6.22. The zero-order valence-corrected chi connectivity index (χ0v) is 18.8. The molecule has 3 aromatic heterocycles. The quantitative estimate of drug-likeness (QED) is 0.422. The van der Waals surface area contributed by atoms with Gasteiger partial charge in [0.05, 0.1) is 5.69 Å². The summed E-state index contributed by atoms with van der Waals surface area (Å²) in [5.41, 5.74) is -0.238. The summed E-state index contributed by atoms with van der Waals surface area (Å²) in [5.74, 6) is -0.471. The van der Waals surface area contributed by atoms with Gasteiger partial charge in [-0.25, -0.2) is 13.8 Å². The number of hydrogen-bond donors (Lipinski definition) is 0. The van der Waals surface area contributed by atoms with E-state index in [9.17, 15) is 18.4 Å². The largest absolute Gasteiger partial charge is 0.353 e. The molecule has 11 heteroatoms. The molecule has 1 amide bonds. The fraction of sp³-hybridized carbons (Fsp3) is 0.292. The number of carbonyl (C=O) groups excluding carboxylic acids is 1. The van der Waals surface area contributed by atoms with E-state index in [-0.39, 0.29) is 17.2 Å². The smallest absolute Gasteiger partial charge is 0.300 e. The Hall–Kier alpha value is -4.15. The van der Waals surface area contributed by atoms with E-state index in [0.29, 0.717) is 38.2 Å². The van der Waals surface area contributed by atoms with Crippen molar-refractivity contribution in [3.05, 3.63) is 82.8 Å². The number of aryl methyl sites for hydroxylation is 1. The van der Waals surface area contributed by atoms with Gasteiger partial charge < -0.3 is 9.80 Å². The first-order chi connectivity index (χ1) is 17.0. The molecule has 0 spiro atoms. The van der Waals surface area contributed by atoms with Crippen LogP contribution in [-0.4, -0.2) is 61.1 Å². The molecule has 0 N–H and O–H groups in total. The molecule has 0 unspecified atom stereocenters. The molecule has 9 nitrogen and oxygen atoms in total. The minimum Gasteiger partial charge on any atom is -0.353 e. The summed E-state index contributed by atoms with van der Waals surface area (Å²) in [4.78, 5) is 33.9. The molecule has 1 aliphatic heterocycles. The van der Waals surface area contributed by atoms with Crippen molar-refractivity contribution in [2.45, 2.75) is 19.3 Å². The van der Waals surface area contributed by atoms with Gasteiger partial charge in [-0.1, -0.05) is 6.07 Å². The van der Waals surface area contributed by atoms with Gasteiger partial charge in [-0.15, -0.1) is 10.2 Å². The minimum atomic E-state index is -1.04. The number of rotatable bonds is 6. The van der Waals surface area contributed by atoms with Crippen LogP contribution in [0, 0.1) is 11.6 Å². The SMILES string of the molecule is O=C(CCCc1nnc2c(=O)n(-c3ccc(F)c(F)c3)ccn12)N1CCN(c2ccccn2)CC1. The van der Waals surface area contributed by atoms with E-state index < -0.39 is 17.2 Å². The van der Waals surface area contributed by atoms with E-state index in [2.05, 4.69) is 20.1 Å². The predicted octanol–water partition coefficient (Wildman–Crippen LogP) is 2.22. The molecule has 1 fully saturated rings. The molecule has 1 aromatic carbocycles. The van der Waals surface area contributed by atoms with Crippen molar-refractivity contribution < 1.29 is 13.6 Å². The number of halogens is 2. The van der Waals surface area contributed by atoms with Crippen molar-refractivity contribution >= 4 is 17.4 Å². The Labute approximate surface area is 199 Å². The summed E-state index contributed by atoms with van der Waals surface area (Å²) in [6, 6.07) is 9.02. The second kappa shape index (κ2) is 9.61. The van der Waals surface area contributed by atoms with Crippen molar-refractivity contribution in [3.8, 4) is 5.69 Å². The van der Waals surface area contributed by atoms with Crippen molar-refractivity contribution in [1.29, 1.82) is 0 Å². The van der Waals surface area contributed by atoms with Crippen molar-refractivity contribution in [2.75, 3.05) is 31.1 Å². The van der Waals surface area contributed by atoms with Gasteiger partial charge in [0.2, 0.25) is 11.6 Å². The number of aromatic nitrogens is 5. The first-order valence-electron chi connectivity index (χ1n) is 11.4. The van der Waals surface area contributed by atoms with Crippen molar-refractivity contribution in [2.24, 2.45) is 0 Å². The average Bonchev–Trinajstić information content (AvgIpc) is 3.30. The topological polar surface area (TPSA) is 88.6 Å². The van der Waals surface area contributed by atoms with Crippen LogP contribution in [-0.2, 0) is 11.2 Å². The van der Waals surface area contributed by atoms with Gasteiger partial charge in [0.1, 0.15) is 11.6 Å². The van der Waals surface area contributed by atoms with Gasteiger partial charge in [-0.3, -0.25) is 18.6 Å². The molecule has 0 atom stereocenters. The van der Waals surface area contributed by atoms with Crippen molar-refractivity contribution in [1.82, 2.24) is 29.0 Å². The zero-order chi connectivity index (χ0) is 24.4. The Kier molecular flexibility index (Phi) is 6.21. The van der Waals surface area contributed by atoms with Crippen LogP contribution in [0.3, 0.4) is 0 Å². The molecule has 180 valence electrons. The van der Waals surface area contributed by atoms with Gasteiger partial charge in [-0.05, 0) is 30.7 Å². The standard InChI is InChI=1S/C24H23F2N7O2/c25-18-8-7-17(16-19(18)26)32-14-15-33-21(28-29-23(33)24(32)35)5-3-6-22(34)31-12-10-30(11-13-31)20-4-1-2-9-27-20/h1-2,4,7-9,14-16H,3,5-6,10-13H2. The summed E-state index contributed by atoms with van der Waals surface area (Å²) in [5, 5.41) is 8.08. The second-order valence-corrected chi connectivity index (χ2v) is 8.29. The van der Waals surface area contributed by atoms with Crippen LogP contribution in [0.5, 0.6) is 0 Å². The third kappa shape index (κ3) is 4.61. The Balaban J connectivity index is 1.19. The first-order valence-corrected chi connectivity index (χ1v) is 11.4. The Morgan fingerprint density at radius 2 is 1.80 bits per heavy atom. The van der Waals surface area contributed by atoms with Gasteiger partial charge >= 0.3 is 5.56 Å². The van der Waals surface area contributed by atoms with E-state index in [1.165, 1.54) is 16.8 Å². The normalized spacial score (nSPS) is 14.0. The Morgan fingerprint density at radius 3 is 2.54 bits per heavy atom. The van der Waals surface area contributed by atoms with E-state index in [1.54, 1.807) is 16.8 Å². The second-order valence-electron chi connectivity index (χ2n) is 8.29. The van der Waals surface area contributed by atoms with Crippen LogP contribution >= 0.6 is 0 Å². The van der Waals surface area contributed by atoms with Crippen molar-refractivity contribution in [3.63, 3.8) is 0 Å². The maximum atomic E-state index is 13.6. The fourth-order valence-corrected chi connectivity index (χ4v) is 4.23. The highest BCUT2D eigenvalue weighted by molar-refractivity contribution is 5.76. The molecular formula is C24H23F2N7O2. The number of piperazine rings is 1. The van der Waals surface area contributed by atoms with E-state index in [4.69, 9.17) is 0 Å². The highest BCUT2D eigenvalue weighted by Gasteiger charge is 2.22. The number of nitrogens with zero attached hydrogens (tertiary/aromatic N) is 7. The maximum Gasteiger partial charge on any atom is 0.300 e. The number of fused-ring (bicyclic) bond motifs is 1. The molecular weight excluding hydrogens is 456 g/mol. The van der Waals surface area contributed by atoms with Gasteiger partial charge in [0.15, 0.2) is 11.6 Å². The first kappa shape index (κ1) is 22.6. The minimum absolute atomic E-state index is 0.0733. The van der Waals surface area contributed by atoms with E-state index in [0.717, 1.165) is 31.0 Å². The van der Waals surface area contributed by atoms with Gasteiger partial charge in [0.25, 0.3) is 0 Å². The molecule has 0 aliphatic carbocycles. The number of pyridine rings is 1. The molecule has 4 heterocycles. The maximum absolute atomic E-state index is 13.6. The van der Waals surface area contributed by atoms with Crippen LogP contribution in [0.2, 0.25) is 0 Å². The Bertz CT molecular complexity index is 1410. The molecule has 1 saturated heterocycles. The summed E-state index contributed by atoms with van der Waals surface area (Å²) < 4.78 is 29.6. The highest BCUT2D eigenvalue weighted by Crippen LogP contribution is 2.15. The molecule has 0 bridgehead atoms. The third-order valence-electron chi connectivity index (χ3n) is 6.12. The summed E-state index contributed by atoms with van der Waals surface area (Å²) in [7, 11) is 0. The molecule has 4 aromatic rings. The average molecular weight is 479 g/mol. The lowest BCUT2D eigenvalue weighted by atomic mass is 10.2. The fourth-order valence-electron chi connectivity index (χ4n) is 4.23. The van der Waals surface area contributed by atoms with Crippen LogP contribution in [0.4, 0.5) is 14.6 Å². The van der Waals surface area contributed by atoms with Gasteiger partial charge in [-0.2, -0.15) is 0 Å². The third-order valence-corrected chi connectivity index (χ3v) is 6.12. The number of hydrogen-bond acceptors (Lipinski definition) is 6. The van der Waals surface area contributed by atoms with E-state index in [1.807, 2.05) is 23.1 Å². The number of amides is 1. The van der Waals surface area contributed by atoms with E-state index >= 15 is 0 Å². The van der Waals surface area contributed by atoms with Gasteiger partial charge in [0, 0.05) is 63.7 Å². The number of benzene rings is 1. The van der Waals surface area contributed by atoms with Crippen LogP contribution in [0.15, 0.2) is 59.8 Å². The summed E-state index contributed by atoms with van der Waals surface area (Å²) in [6.45, 7) is 2.77. The van der Waals surface area contributed by atoms with Crippen LogP contribution < -0.4 is 10.5 Å². The lowest BCUT2D eigenvalue weighted by Crippen LogP contribution is -2.49. The summed E-state index contributed by atoms with van der Waals surface area (Å²) >= 11 is 0. The van der Waals surface area contributed by atoms with Crippen LogP contribution in [0.25, 0.3) is 11.3 Å². The predicted molar refractivity (Wildman–Crippen MR) is 124 cm³/mol. The lowest BCUT2D eigenvalue weighted by molar-refractivity contribution is -0.131. The number of anilines is 1. The lowest BCUT2D eigenvalue weighted by Gasteiger charge is -2.35.